The zero-order valence-corrected chi connectivity index (χ0v) is 10.1. The second-order valence-corrected chi connectivity index (χ2v) is 4.39. The molecule has 1 aromatic rings. The van der Waals surface area contributed by atoms with Crippen LogP contribution in [0.4, 0.5) is 5.82 Å². The third-order valence-corrected chi connectivity index (χ3v) is 3.49. The molecule has 0 radical (unpaired) electrons. The van der Waals surface area contributed by atoms with E-state index < -0.39 is 0 Å². The number of hydrogen-bond donors (Lipinski definition) is 0. The first-order valence-corrected chi connectivity index (χ1v) is 6.09. The van der Waals surface area contributed by atoms with Crippen molar-refractivity contribution in [1.82, 2.24) is 4.98 Å². The Bertz CT molecular complexity index is 455. The molecule has 0 N–H and O–H groups in total. The summed E-state index contributed by atoms with van der Waals surface area (Å²) in [7, 11) is 0. The van der Waals surface area contributed by atoms with E-state index in [0.717, 1.165) is 5.33 Å². The molecule has 1 saturated heterocycles. The van der Waals surface area contributed by atoms with Crippen LogP contribution in [0, 0.1) is 17.2 Å². The molecule has 82 valence electrons. The molecule has 0 aromatic carbocycles. The lowest BCUT2D eigenvalue weighted by molar-refractivity contribution is -0.117. The van der Waals surface area contributed by atoms with E-state index in [1.165, 1.54) is 0 Å². The van der Waals surface area contributed by atoms with Crippen LogP contribution in [0.15, 0.2) is 18.3 Å². The van der Waals surface area contributed by atoms with Gasteiger partial charge in [-0.2, -0.15) is 5.26 Å². The van der Waals surface area contributed by atoms with Crippen LogP contribution in [0.2, 0.25) is 0 Å². The number of hydrogen-bond acceptors (Lipinski definition) is 3. The van der Waals surface area contributed by atoms with Crippen molar-refractivity contribution in [3.05, 3.63) is 23.9 Å². The Morgan fingerprint density at radius 3 is 3.12 bits per heavy atom. The number of halogens is 1. The van der Waals surface area contributed by atoms with Gasteiger partial charge in [-0.05, 0) is 18.1 Å². The van der Waals surface area contributed by atoms with E-state index in [-0.39, 0.29) is 5.91 Å². The molecule has 2 rings (SSSR count). The maximum absolute atomic E-state index is 11.7. The van der Waals surface area contributed by atoms with Gasteiger partial charge in [0.1, 0.15) is 5.82 Å². The van der Waals surface area contributed by atoms with Crippen molar-refractivity contribution in [2.75, 3.05) is 16.8 Å². The summed E-state index contributed by atoms with van der Waals surface area (Å²) in [5.41, 5.74) is 0.528. The Kier molecular flexibility index (Phi) is 3.20. The monoisotopic (exact) mass is 279 g/mol. The maximum Gasteiger partial charge on any atom is 0.228 e. The van der Waals surface area contributed by atoms with E-state index >= 15 is 0 Å². The molecule has 1 aliphatic heterocycles. The molecule has 1 amide bonds. The minimum Gasteiger partial charge on any atom is -0.296 e. The van der Waals surface area contributed by atoms with Crippen LogP contribution in [-0.4, -0.2) is 22.8 Å². The highest BCUT2D eigenvalue weighted by atomic mass is 79.9. The van der Waals surface area contributed by atoms with E-state index in [0.29, 0.717) is 30.3 Å². The average Bonchev–Trinajstić information content (AvgIpc) is 2.71. The van der Waals surface area contributed by atoms with Gasteiger partial charge < -0.3 is 0 Å². The minimum absolute atomic E-state index is 0.0760. The normalized spacial score (nSPS) is 19.9. The molecule has 0 spiro atoms. The quantitative estimate of drug-likeness (QED) is 0.775. The van der Waals surface area contributed by atoms with E-state index in [1.54, 1.807) is 23.2 Å². The SMILES string of the molecule is N#Cc1ccnc(N2CC(CBr)CC2=O)c1. The molecule has 0 saturated carbocycles. The van der Waals surface area contributed by atoms with E-state index in [1.807, 2.05) is 6.07 Å². The fraction of sp³-hybridized carbons (Fsp3) is 0.364. The van der Waals surface area contributed by atoms with Crippen LogP contribution in [-0.2, 0) is 4.79 Å². The van der Waals surface area contributed by atoms with Gasteiger partial charge in [0.2, 0.25) is 5.91 Å². The number of anilines is 1. The second-order valence-electron chi connectivity index (χ2n) is 3.74. The fourth-order valence-corrected chi connectivity index (χ4v) is 2.18. The van der Waals surface area contributed by atoms with Crippen LogP contribution < -0.4 is 4.90 Å². The topological polar surface area (TPSA) is 57.0 Å². The van der Waals surface area contributed by atoms with Crippen molar-refractivity contribution in [2.45, 2.75) is 6.42 Å². The Morgan fingerprint density at radius 2 is 2.50 bits per heavy atom. The fourth-order valence-electron chi connectivity index (χ4n) is 1.74. The van der Waals surface area contributed by atoms with Crippen molar-refractivity contribution in [3.8, 4) is 6.07 Å². The van der Waals surface area contributed by atoms with Crippen molar-refractivity contribution in [2.24, 2.45) is 5.92 Å². The number of aromatic nitrogens is 1. The highest BCUT2D eigenvalue weighted by Gasteiger charge is 2.30. The van der Waals surface area contributed by atoms with Gasteiger partial charge in [0, 0.05) is 24.5 Å². The van der Waals surface area contributed by atoms with Gasteiger partial charge in [0.15, 0.2) is 0 Å². The lowest BCUT2D eigenvalue weighted by atomic mass is 10.2. The molecule has 1 aromatic heterocycles. The van der Waals surface area contributed by atoms with Gasteiger partial charge >= 0.3 is 0 Å². The van der Waals surface area contributed by atoms with Crippen LogP contribution in [0.1, 0.15) is 12.0 Å². The van der Waals surface area contributed by atoms with E-state index in [4.69, 9.17) is 5.26 Å². The third-order valence-electron chi connectivity index (χ3n) is 2.57. The van der Waals surface area contributed by atoms with Crippen LogP contribution in [0.3, 0.4) is 0 Å². The van der Waals surface area contributed by atoms with Crippen molar-refractivity contribution >= 4 is 27.7 Å². The second kappa shape index (κ2) is 4.62. The molecule has 0 aliphatic carbocycles. The van der Waals surface area contributed by atoms with Gasteiger partial charge in [-0.25, -0.2) is 4.98 Å². The maximum atomic E-state index is 11.7. The lowest BCUT2D eigenvalue weighted by Gasteiger charge is -2.14. The van der Waals surface area contributed by atoms with Crippen LogP contribution in [0.25, 0.3) is 0 Å². The number of nitrogens with zero attached hydrogens (tertiary/aromatic N) is 3. The summed E-state index contributed by atoms with van der Waals surface area (Å²) in [6, 6.07) is 5.32. The van der Waals surface area contributed by atoms with Crippen LogP contribution in [0.5, 0.6) is 0 Å². The summed E-state index contributed by atoms with van der Waals surface area (Å²) in [6.07, 6.45) is 2.10. The van der Waals surface area contributed by atoms with Crippen molar-refractivity contribution < 1.29 is 4.79 Å². The van der Waals surface area contributed by atoms with Crippen molar-refractivity contribution in [1.29, 1.82) is 5.26 Å². The molecule has 0 bridgehead atoms. The molecular formula is C11H10BrN3O. The lowest BCUT2D eigenvalue weighted by Crippen LogP contribution is -2.25. The number of alkyl halides is 1. The number of carbonyl (C=O) groups excluding carboxylic acids is 1. The minimum atomic E-state index is 0.0760. The number of pyridine rings is 1. The highest BCUT2D eigenvalue weighted by molar-refractivity contribution is 9.09. The Hall–Kier alpha value is -1.41. The average molecular weight is 280 g/mol. The van der Waals surface area contributed by atoms with Gasteiger partial charge in [0.05, 0.1) is 11.6 Å². The Morgan fingerprint density at radius 1 is 1.69 bits per heavy atom. The first-order valence-electron chi connectivity index (χ1n) is 4.97. The molecule has 4 nitrogen and oxygen atoms in total. The van der Waals surface area contributed by atoms with Gasteiger partial charge in [-0.3, -0.25) is 9.69 Å². The molecule has 16 heavy (non-hydrogen) atoms. The zero-order chi connectivity index (χ0) is 11.5. The molecule has 1 fully saturated rings. The molecule has 2 heterocycles. The zero-order valence-electron chi connectivity index (χ0n) is 8.56. The number of amides is 1. The molecular weight excluding hydrogens is 270 g/mol. The van der Waals surface area contributed by atoms with Gasteiger partial charge in [0.25, 0.3) is 0 Å². The third kappa shape index (κ3) is 2.07. The summed E-state index contributed by atoms with van der Waals surface area (Å²) < 4.78 is 0. The molecule has 1 atom stereocenters. The highest BCUT2D eigenvalue weighted by Crippen LogP contribution is 2.24. The first kappa shape index (κ1) is 11.1. The number of carbonyl (C=O) groups is 1. The number of nitriles is 1. The summed E-state index contributed by atoms with van der Waals surface area (Å²) in [6.45, 7) is 0.673. The van der Waals surface area contributed by atoms with Gasteiger partial charge in [-0.15, -0.1) is 0 Å². The molecule has 5 heteroatoms. The van der Waals surface area contributed by atoms with Gasteiger partial charge in [-0.1, -0.05) is 15.9 Å². The Balaban J connectivity index is 2.25. The smallest absolute Gasteiger partial charge is 0.228 e. The van der Waals surface area contributed by atoms with Crippen LogP contribution >= 0.6 is 15.9 Å². The summed E-state index contributed by atoms with van der Waals surface area (Å²) in [4.78, 5) is 17.5. The predicted molar refractivity (Wildman–Crippen MR) is 63.2 cm³/mol. The predicted octanol–water partition coefficient (Wildman–Crippen LogP) is 1.70. The molecule has 1 unspecified atom stereocenters. The van der Waals surface area contributed by atoms with Crippen molar-refractivity contribution in [3.63, 3.8) is 0 Å². The number of rotatable bonds is 2. The van der Waals surface area contributed by atoms with E-state index in [9.17, 15) is 4.79 Å². The Labute approximate surface area is 102 Å². The van der Waals surface area contributed by atoms with E-state index in [2.05, 4.69) is 20.9 Å². The first-order chi connectivity index (χ1) is 7.74. The largest absolute Gasteiger partial charge is 0.296 e. The standard InChI is InChI=1S/C11H10BrN3O/c12-5-9-4-11(16)15(7-9)10-3-8(6-13)1-2-14-10/h1-3,9H,4-5,7H2. The summed E-state index contributed by atoms with van der Waals surface area (Å²) >= 11 is 3.38. The summed E-state index contributed by atoms with van der Waals surface area (Å²) in [5, 5.41) is 9.59. The molecule has 1 aliphatic rings. The summed E-state index contributed by atoms with van der Waals surface area (Å²) in [5.74, 6) is 0.986.